The van der Waals surface area contributed by atoms with E-state index in [-0.39, 0.29) is 17.5 Å². The highest BCUT2D eigenvalue weighted by Gasteiger charge is 2.42. The van der Waals surface area contributed by atoms with E-state index < -0.39 is 5.97 Å². The molecule has 1 aromatic rings. The van der Waals surface area contributed by atoms with E-state index in [0.717, 1.165) is 12.8 Å². The molecule has 3 rings (SSSR count). The molecule has 8 heteroatoms. The molecule has 3 atom stereocenters. The Morgan fingerprint density at radius 3 is 2.95 bits per heavy atom. The average Bonchev–Trinajstić information content (AvgIpc) is 3.14. The smallest absolute Gasteiger partial charge is 0.358 e. The summed E-state index contributed by atoms with van der Waals surface area (Å²) >= 11 is 0. The van der Waals surface area contributed by atoms with Crippen molar-refractivity contribution in [1.29, 1.82) is 0 Å². The molecule has 0 spiro atoms. The van der Waals surface area contributed by atoms with Crippen LogP contribution in [0, 0.1) is 5.92 Å². The highest BCUT2D eigenvalue weighted by molar-refractivity contribution is 5.84. The number of carbonyl (C=O) groups is 2. The molecule has 0 saturated carbocycles. The molecule has 8 nitrogen and oxygen atoms in total. The summed E-state index contributed by atoms with van der Waals surface area (Å²) < 4.78 is 1.42. The number of hydrogen-bond acceptors (Lipinski definition) is 5. The monoisotopic (exact) mass is 279 g/mol. The van der Waals surface area contributed by atoms with E-state index in [0.29, 0.717) is 25.2 Å². The summed E-state index contributed by atoms with van der Waals surface area (Å²) in [5, 5.41) is 22.2. The maximum atomic E-state index is 12.0. The number of hydrogen-bond donors (Lipinski definition) is 3. The second kappa shape index (κ2) is 5.20. The summed E-state index contributed by atoms with van der Waals surface area (Å²) in [6, 6.07) is 0.828. The van der Waals surface area contributed by atoms with Gasteiger partial charge in [-0.25, -0.2) is 9.48 Å². The summed E-state index contributed by atoms with van der Waals surface area (Å²) in [5.41, 5.74) is -0.0892. The van der Waals surface area contributed by atoms with Gasteiger partial charge in [0.2, 0.25) is 5.91 Å². The van der Waals surface area contributed by atoms with Gasteiger partial charge in [0.25, 0.3) is 0 Å². The van der Waals surface area contributed by atoms with Gasteiger partial charge in [-0.1, -0.05) is 5.21 Å². The number of aromatic carboxylic acids is 1. The van der Waals surface area contributed by atoms with Gasteiger partial charge in [0, 0.05) is 18.6 Å². The second-order valence-electron chi connectivity index (χ2n) is 5.35. The first-order chi connectivity index (χ1) is 9.63. The van der Waals surface area contributed by atoms with Crippen LogP contribution in [0.4, 0.5) is 0 Å². The molecule has 108 valence electrons. The topological polar surface area (TPSA) is 109 Å². The van der Waals surface area contributed by atoms with Crippen LogP contribution in [0.15, 0.2) is 6.20 Å². The minimum absolute atomic E-state index is 0.0686. The van der Waals surface area contributed by atoms with Crippen molar-refractivity contribution in [2.24, 2.45) is 5.92 Å². The summed E-state index contributed by atoms with van der Waals surface area (Å²) in [5.74, 6) is -0.962. The van der Waals surface area contributed by atoms with E-state index in [9.17, 15) is 9.59 Å². The number of carboxylic acid groups (broad SMARTS) is 1. The van der Waals surface area contributed by atoms with E-state index in [1.807, 2.05) is 0 Å². The van der Waals surface area contributed by atoms with Gasteiger partial charge in [0.15, 0.2) is 5.69 Å². The average molecular weight is 279 g/mol. The van der Waals surface area contributed by atoms with Gasteiger partial charge < -0.3 is 15.7 Å². The molecule has 0 aliphatic carbocycles. The highest BCUT2D eigenvalue weighted by atomic mass is 16.4. The molecule has 3 N–H and O–H groups in total. The Morgan fingerprint density at radius 2 is 2.35 bits per heavy atom. The van der Waals surface area contributed by atoms with Crippen molar-refractivity contribution in [1.82, 2.24) is 25.6 Å². The fourth-order valence-electron chi connectivity index (χ4n) is 3.04. The largest absolute Gasteiger partial charge is 0.476 e. The third-order valence-electron chi connectivity index (χ3n) is 4.03. The number of amides is 1. The SMILES string of the molecule is O=C(O)c1cn(CCNC(=O)C2CC3CCC2N3)nn1. The maximum absolute atomic E-state index is 12.0. The number of fused-ring (bicyclic) bond motifs is 2. The first kappa shape index (κ1) is 13.0. The van der Waals surface area contributed by atoms with Crippen molar-refractivity contribution in [3.8, 4) is 0 Å². The van der Waals surface area contributed by atoms with Crippen LogP contribution in [0.2, 0.25) is 0 Å². The van der Waals surface area contributed by atoms with E-state index in [1.54, 1.807) is 0 Å². The fraction of sp³-hybridized carbons (Fsp3) is 0.667. The van der Waals surface area contributed by atoms with Crippen molar-refractivity contribution < 1.29 is 14.7 Å². The Kier molecular flexibility index (Phi) is 3.39. The number of aromatic nitrogens is 3. The van der Waals surface area contributed by atoms with E-state index in [4.69, 9.17) is 5.11 Å². The summed E-state index contributed by atoms with van der Waals surface area (Å²) in [6.07, 6.45) is 4.52. The first-order valence-corrected chi connectivity index (χ1v) is 6.80. The van der Waals surface area contributed by atoms with Crippen LogP contribution in [0.25, 0.3) is 0 Å². The number of nitrogens with zero attached hydrogens (tertiary/aromatic N) is 3. The van der Waals surface area contributed by atoms with Crippen LogP contribution in [-0.4, -0.2) is 50.6 Å². The maximum Gasteiger partial charge on any atom is 0.358 e. The zero-order chi connectivity index (χ0) is 14.1. The summed E-state index contributed by atoms with van der Waals surface area (Å²) in [7, 11) is 0. The number of carboxylic acids is 1. The minimum Gasteiger partial charge on any atom is -0.476 e. The van der Waals surface area contributed by atoms with Crippen molar-refractivity contribution in [2.45, 2.75) is 37.9 Å². The molecular weight excluding hydrogens is 262 g/mol. The Bertz CT molecular complexity index is 529. The molecular formula is C12H17N5O3. The molecule has 3 heterocycles. The van der Waals surface area contributed by atoms with Crippen molar-refractivity contribution in [3.63, 3.8) is 0 Å². The molecule has 0 radical (unpaired) electrons. The van der Waals surface area contributed by atoms with Crippen LogP contribution in [0.3, 0.4) is 0 Å². The van der Waals surface area contributed by atoms with Crippen molar-refractivity contribution >= 4 is 11.9 Å². The lowest BCUT2D eigenvalue weighted by Gasteiger charge is -2.19. The lowest BCUT2D eigenvalue weighted by Crippen LogP contribution is -2.38. The van der Waals surface area contributed by atoms with Crippen molar-refractivity contribution in [2.75, 3.05) is 6.54 Å². The zero-order valence-electron chi connectivity index (χ0n) is 11.0. The van der Waals surface area contributed by atoms with E-state index in [1.165, 1.54) is 17.3 Å². The standard InChI is InChI=1S/C12H17N5O3/c18-11(8-5-7-1-2-9(8)14-7)13-3-4-17-6-10(12(19)20)15-16-17/h6-9,14H,1-5H2,(H,13,18)(H,19,20). The minimum atomic E-state index is -1.10. The number of rotatable bonds is 5. The molecule has 2 bridgehead atoms. The Hall–Kier alpha value is -1.96. The lowest BCUT2D eigenvalue weighted by molar-refractivity contribution is -0.125. The highest BCUT2D eigenvalue weighted by Crippen LogP contribution is 2.33. The molecule has 2 aliphatic rings. The van der Waals surface area contributed by atoms with Gasteiger partial charge in [0.1, 0.15) is 0 Å². The van der Waals surface area contributed by atoms with E-state index >= 15 is 0 Å². The quantitative estimate of drug-likeness (QED) is 0.653. The first-order valence-electron chi connectivity index (χ1n) is 6.80. The van der Waals surface area contributed by atoms with Crippen molar-refractivity contribution in [3.05, 3.63) is 11.9 Å². The third-order valence-corrected chi connectivity index (χ3v) is 4.03. The number of carbonyl (C=O) groups excluding carboxylic acids is 1. The Morgan fingerprint density at radius 1 is 1.50 bits per heavy atom. The van der Waals surface area contributed by atoms with Crippen LogP contribution in [0.1, 0.15) is 29.8 Å². The van der Waals surface area contributed by atoms with Gasteiger partial charge in [-0.15, -0.1) is 5.10 Å². The summed E-state index contributed by atoms with van der Waals surface area (Å²) in [6.45, 7) is 0.843. The molecule has 1 aromatic heterocycles. The third kappa shape index (κ3) is 2.51. The second-order valence-corrected chi connectivity index (χ2v) is 5.35. The molecule has 2 saturated heterocycles. The summed E-state index contributed by atoms with van der Waals surface area (Å²) in [4.78, 5) is 22.7. The van der Waals surface area contributed by atoms with Gasteiger partial charge in [-0.05, 0) is 19.3 Å². The Labute approximate surface area is 115 Å². The predicted octanol–water partition coefficient (Wildman–Crippen LogP) is -0.767. The van der Waals surface area contributed by atoms with Gasteiger partial charge >= 0.3 is 5.97 Å². The zero-order valence-corrected chi connectivity index (χ0v) is 11.0. The molecule has 20 heavy (non-hydrogen) atoms. The molecule has 2 fully saturated rings. The molecule has 2 aliphatic heterocycles. The normalized spacial score (nSPS) is 27.7. The van der Waals surface area contributed by atoms with Crippen LogP contribution >= 0.6 is 0 Å². The van der Waals surface area contributed by atoms with Gasteiger partial charge in [-0.2, -0.15) is 0 Å². The van der Waals surface area contributed by atoms with Crippen LogP contribution in [-0.2, 0) is 11.3 Å². The van der Waals surface area contributed by atoms with Crippen LogP contribution < -0.4 is 10.6 Å². The predicted molar refractivity (Wildman–Crippen MR) is 68.0 cm³/mol. The van der Waals surface area contributed by atoms with E-state index in [2.05, 4.69) is 20.9 Å². The number of nitrogens with one attached hydrogen (secondary N) is 2. The Balaban J connectivity index is 1.45. The molecule has 3 unspecified atom stereocenters. The lowest BCUT2D eigenvalue weighted by atomic mass is 9.88. The fourth-order valence-corrected chi connectivity index (χ4v) is 3.04. The molecule has 0 aromatic carbocycles. The molecule has 1 amide bonds. The van der Waals surface area contributed by atoms with Crippen LogP contribution in [0.5, 0.6) is 0 Å². The van der Waals surface area contributed by atoms with Gasteiger partial charge in [-0.3, -0.25) is 4.79 Å². The van der Waals surface area contributed by atoms with Gasteiger partial charge in [0.05, 0.1) is 18.7 Å².